The van der Waals surface area contributed by atoms with Crippen molar-refractivity contribution in [1.82, 2.24) is 9.80 Å². The summed E-state index contributed by atoms with van der Waals surface area (Å²) < 4.78 is 10.7. The standard InChI is InChI=1S/C27H26N4O13/c32-21-9-10-22(33)28(21)25(36)13-19(15-5-1-3-7-17(15)30(39)40)43-27(38)44-20(16-6-2-4-8-18(16)31(41)42)14-26(37)29-23(34)11-12-24(29)35/h1-8,19-20,25-26,36-37H,9-14H2. The molecule has 4 rings (SSSR count). The van der Waals surface area contributed by atoms with Crippen LogP contribution in [0.1, 0.15) is 61.9 Å². The molecule has 17 nitrogen and oxygen atoms in total. The van der Waals surface area contributed by atoms with Gasteiger partial charge in [-0.25, -0.2) is 4.79 Å². The molecular formula is C27H26N4O13. The fourth-order valence-electron chi connectivity index (χ4n) is 5.04. The number of nitro benzene ring substituents is 2. The number of para-hydroxylation sites is 2. The average Bonchev–Trinajstić information content (AvgIpc) is 3.50. The number of nitro groups is 2. The van der Waals surface area contributed by atoms with Crippen LogP contribution in [0.4, 0.5) is 16.2 Å². The van der Waals surface area contributed by atoms with Gasteiger partial charge in [-0.1, -0.05) is 24.3 Å². The van der Waals surface area contributed by atoms with Gasteiger partial charge >= 0.3 is 6.16 Å². The van der Waals surface area contributed by atoms with Gasteiger partial charge in [0, 0.05) is 50.7 Å². The quantitative estimate of drug-likeness (QED) is 0.151. The zero-order chi connectivity index (χ0) is 32.1. The van der Waals surface area contributed by atoms with E-state index in [0.717, 1.165) is 12.1 Å². The van der Waals surface area contributed by atoms with Gasteiger partial charge in [0.25, 0.3) is 11.4 Å². The third-order valence-corrected chi connectivity index (χ3v) is 7.06. The van der Waals surface area contributed by atoms with Crippen molar-refractivity contribution >= 4 is 41.2 Å². The van der Waals surface area contributed by atoms with Gasteiger partial charge in [0.1, 0.15) is 24.7 Å². The molecular weight excluding hydrogens is 588 g/mol. The smallest absolute Gasteiger partial charge is 0.426 e. The zero-order valence-corrected chi connectivity index (χ0v) is 22.8. The molecule has 2 N–H and O–H groups in total. The van der Waals surface area contributed by atoms with Crippen LogP contribution >= 0.6 is 0 Å². The Kier molecular flexibility index (Phi) is 9.60. The number of nitrogens with zero attached hydrogens (tertiary/aromatic N) is 4. The molecule has 0 bridgehead atoms. The maximum Gasteiger partial charge on any atom is 0.509 e. The lowest BCUT2D eigenvalue weighted by Gasteiger charge is -2.28. The number of carbonyl (C=O) groups excluding carboxylic acids is 5. The second-order valence-corrected chi connectivity index (χ2v) is 9.84. The Balaban J connectivity index is 1.65. The lowest BCUT2D eigenvalue weighted by atomic mass is 10.0. The molecule has 2 aliphatic heterocycles. The van der Waals surface area contributed by atoms with Gasteiger partial charge in [-0.05, 0) is 12.1 Å². The molecule has 4 unspecified atom stereocenters. The number of imide groups is 2. The van der Waals surface area contributed by atoms with Crippen LogP contribution in [0, 0.1) is 20.2 Å². The van der Waals surface area contributed by atoms with Crippen molar-refractivity contribution in [2.45, 2.75) is 63.2 Å². The van der Waals surface area contributed by atoms with Crippen LogP contribution in [0.2, 0.25) is 0 Å². The molecule has 2 saturated heterocycles. The van der Waals surface area contributed by atoms with Crippen LogP contribution in [0.25, 0.3) is 0 Å². The second-order valence-electron chi connectivity index (χ2n) is 9.84. The van der Waals surface area contributed by atoms with E-state index in [1.54, 1.807) is 0 Å². The number of carbonyl (C=O) groups is 5. The summed E-state index contributed by atoms with van der Waals surface area (Å²) in [4.78, 5) is 84.8. The van der Waals surface area contributed by atoms with Crippen molar-refractivity contribution in [1.29, 1.82) is 0 Å². The average molecular weight is 615 g/mol. The number of hydrogen-bond donors (Lipinski definition) is 2. The van der Waals surface area contributed by atoms with Crippen molar-refractivity contribution in [2.24, 2.45) is 0 Å². The van der Waals surface area contributed by atoms with Crippen LogP contribution < -0.4 is 0 Å². The van der Waals surface area contributed by atoms with E-state index in [1.165, 1.54) is 36.4 Å². The normalized spacial score (nSPS) is 17.8. The molecule has 4 amide bonds. The first kappa shape index (κ1) is 31.6. The number of rotatable bonds is 12. The van der Waals surface area contributed by atoms with Crippen molar-refractivity contribution < 1.29 is 53.5 Å². The van der Waals surface area contributed by atoms with Gasteiger partial charge in [-0.2, -0.15) is 0 Å². The van der Waals surface area contributed by atoms with Crippen LogP contribution in [0.15, 0.2) is 48.5 Å². The van der Waals surface area contributed by atoms with Crippen LogP contribution in [-0.2, 0) is 28.7 Å². The van der Waals surface area contributed by atoms with E-state index < -0.39 is 88.5 Å². The first-order valence-corrected chi connectivity index (χ1v) is 13.3. The molecule has 232 valence electrons. The Bertz CT molecular complexity index is 1370. The van der Waals surface area contributed by atoms with Gasteiger partial charge in [0.2, 0.25) is 23.6 Å². The van der Waals surface area contributed by atoms with Gasteiger partial charge in [0.05, 0.1) is 21.0 Å². The Hall–Kier alpha value is -5.29. The molecule has 2 heterocycles. The van der Waals surface area contributed by atoms with Gasteiger partial charge in [-0.15, -0.1) is 0 Å². The molecule has 2 aromatic rings. The summed E-state index contributed by atoms with van der Waals surface area (Å²) >= 11 is 0. The van der Waals surface area contributed by atoms with Crippen molar-refractivity contribution in [3.63, 3.8) is 0 Å². The molecule has 0 aromatic heterocycles. The molecule has 0 saturated carbocycles. The number of amides is 4. The minimum Gasteiger partial charge on any atom is -0.426 e. The van der Waals surface area contributed by atoms with E-state index in [4.69, 9.17) is 9.47 Å². The summed E-state index contributed by atoms with van der Waals surface area (Å²) in [6.45, 7) is 0. The molecule has 2 aromatic carbocycles. The van der Waals surface area contributed by atoms with Crippen LogP contribution in [0.3, 0.4) is 0 Å². The molecule has 17 heteroatoms. The minimum absolute atomic E-state index is 0.170. The van der Waals surface area contributed by atoms with E-state index in [1.807, 2.05) is 0 Å². The van der Waals surface area contributed by atoms with E-state index >= 15 is 0 Å². The van der Waals surface area contributed by atoms with E-state index in [-0.39, 0.29) is 36.8 Å². The number of benzene rings is 2. The van der Waals surface area contributed by atoms with Crippen molar-refractivity contribution in [3.8, 4) is 0 Å². The summed E-state index contributed by atoms with van der Waals surface area (Å²) in [5.74, 6) is -2.82. The van der Waals surface area contributed by atoms with Crippen molar-refractivity contribution in [3.05, 3.63) is 79.9 Å². The van der Waals surface area contributed by atoms with Gasteiger partial charge in [0.15, 0.2) is 0 Å². The Labute approximate surface area is 247 Å². The maximum absolute atomic E-state index is 13.2. The monoisotopic (exact) mass is 614 g/mol. The summed E-state index contributed by atoms with van der Waals surface area (Å²) in [5, 5.41) is 44.9. The zero-order valence-electron chi connectivity index (χ0n) is 22.8. The SMILES string of the molecule is O=C(OC(CC(O)N1C(=O)CCC1=O)c1ccccc1[N+](=O)[O-])OC(CC(O)N1C(=O)CCC1=O)c1ccccc1[N+](=O)[O-]. The number of likely N-dealkylation sites (tertiary alicyclic amines) is 2. The lowest BCUT2D eigenvalue weighted by Crippen LogP contribution is -2.41. The summed E-state index contributed by atoms with van der Waals surface area (Å²) in [5.41, 5.74) is -1.53. The molecule has 2 fully saturated rings. The molecule has 0 aliphatic carbocycles. The highest BCUT2D eigenvalue weighted by atomic mass is 16.7. The molecule has 0 radical (unpaired) electrons. The predicted octanol–water partition coefficient (Wildman–Crippen LogP) is 2.15. The van der Waals surface area contributed by atoms with Crippen molar-refractivity contribution in [2.75, 3.05) is 0 Å². The van der Waals surface area contributed by atoms with E-state index in [9.17, 15) is 54.4 Å². The number of hydrogen-bond acceptors (Lipinski definition) is 13. The molecule has 44 heavy (non-hydrogen) atoms. The minimum atomic E-state index is -1.85. The van der Waals surface area contributed by atoms with Gasteiger partial charge < -0.3 is 19.7 Å². The van der Waals surface area contributed by atoms with Crippen LogP contribution in [0.5, 0.6) is 0 Å². The molecule has 2 aliphatic rings. The largest absolute Gasteiger partial charge is 0.509 e. The number of aliphatic hydroxyl groups excluding tert-OH is 2. The first-order valence-electron chi connectivity index (χ1n) is 13.3. The predicted molar refractivity (Wildman–Crippen MR) is 143 cm³/mol. The molecule has 4 atom stereocenters. The number of aliphatic hydroxyl groups is 2. The highest BCUT2D eigenvalue weighted by Crippen LogP contribution is 2.36. The third kappa shape index (κ3) is 6.84. The third-order valence-electron chi connectivity index (χ3n) is 7.06. The Morgan fingerprint density at radius 2 is 1.00 bits per heavy atom. The summed E-state index contributed by atoms with van der Waals surface area (Å²) in [6, 6.07) is 10.0. The highest BCUT2D eigenvalue weighted by Gasteiger charge is 2.40. The maximum atomic E-state index is 13.2. The fraction of sp³-hybridized carbons (Fsp3) is 0.370. The van der Waals surface area contributed by atoms with Crippen LogP contribution in [-0.4, -0.2) is 72.1 Å². The molecule has 0 spiro atoms. The van der Waals surface area contributed by atoms with Gasteiger partial charge in [-0.3, -0.25) is 49.2 Å². The fourth-order valence-corrected chi connectivity index (χ4v) is 5.04. The van der Waals surface area contributed by atoms with E-state index in [2.05, 4.69) is 0 Å². The first-order chi connectivity index (χ1) is 20.9. The Morgan fingerprint density at radius 1 is 0.682 bits per heavy atom. The summed E-state index contributed by atoms with van der Waals surface area (Å²) in [7, 11) is 0. The summed E-state index contributed by atoms with van der Waals surface area (Å²) in [6.07, 6.45) is -10.7. The van der Waals surface area contributed by atoms with E-state index in [0.29, 0.717) is 9.80 Å². The Morgan fingerprint density at radius 3 is 1.32 bits per heavy atom. The topological polar surface area (TPSA) is 237 Å². The second kappa shape index (κ2) is 13.3. The number of ether oxygens (including phenoxy) is 2. The highest BCUT2D eigenvalue weighted by molar-refractivity contribution is 6.02. The lowest BCUT2D eigenvalue weighted by molar-refractivity contribution is -0.386.